The molecule has 24 heavy (non-hydrogen) atoms. The van der Waals surface area contributed by atoms with Crippen LogP contribution in [0, 0.1) is 5.82 Å². The highest BCUT2D eigenvalue weighted by atomic mass is 32.2. The van der Waals surface area contributed by atoms with Crippen LogP contribution in [0.5, 0.6) is 0 Å². The van der Waals surface area contributed by atoms with E-state index in [1.807, 2.05) is 5.41 Å². The maximum absolute atomic E-state index is 14.2. The number of aliphatic imine (C=N–C) groups is 1. The fourth-order valence-electron chi connectivity index (χ4n) is 2.10. The van der Waals surface area contributed by atoms with Crippen molar-refractivity contribution in [2.75, 3.05) is 0 Å². The third-order valence-electron chi connectivity index (χ3n) is 3.17. The van der Waals surface area contributed by atoms with Gasteiger partial charge in [-0.25, -0.2) is 14.1 Å². The molecule has 1 aromatic heterocycles. The van der Waals surface area contributed by atoms with E-state index in [2.05, 4.69) is 27.1 Å². The van der Waals surface area contributed by atoms with Crippen LogP contribution in [0.25, 0.3) is 5.57 Å². The van der Waals surface area contributed by atoms with Gasteiger partial charge in [0, 0.05) is 30.0 Å². The number of nitrogens with zero attached hydrogens (tertiary/aromatic N) is 5. The molecule has 1 aromatic carbocycles. The zero-order valence-electron chi connectivity index (χ0n) is 12.7. The molecule has 0 aliphatic carbocycles. The highest BCUT2D eigenvalue weighted by Crippen LogP contribution is 2.42. The van der Waals surface area contributed by atoms with Gasteiger partial charge in [-0.2, -0.15) is 0 Å². The van der Waals surface area contributed by atoms with Gasteiger partial charge in [0.05, 0.1) is 5.03 Å². The Morgan fingerprint density at radius 2 is 2.25 bits per heavy atom. The molecular formula is C15H13FN6S2. The number of aromatic nitrogens is 4. The van der Waals surface area contributed by atoms with Crippen LogP contribution in [-0.4, -0.2) is 25.3 Å². The Hall–Kier alpha value is -2.39. The highest BCUT2D eigenvalue weighted by molar-refractivity contribution is 8.17. The molecule has 2 heterocycles. The largest absolute Gasteiger partial charge is 0.393 e. The van der Waals surface area contributed by atoms with Crippen molar-refractivity contribution in [3.8, 4) is 0 Å². The Morgan fingerprint density at radius 1 is 1.46 bits per heavy atom. The Labute approximate surface area is 146 Å². The molecule has 6 nitrogen and oxygen atoms in total. The second-order valence-corrected chi connectivity index (χ2v) is 6.54. The third-order valence-corrected chi connectivity index (χ3v) is 5.01. The summed E-state index contributed by atoms with van der Waals surface area (Å²) >= 11 is 2.57. The van der Waals surface area contributed by atoms with Crippen molar-refractivity contribution >= 4 is 34.1 Å². The molecule has 0 saturated carbocycles. The summed E-state index contributed by atoms with van der Waals surface area (Å²) in [5, 5.41) is 14.7. The maximum atomic E-state index is 14.2. The molecule has 0 radical (unpaired) electrons. The van der Waals surface area contributed by atoms with Crippen molar-refractivity contribution in [1.82, 2.24) is 20.2 Å². The van der Waals surface area contributed by atoms with Crippen molar-refractivity contribution < 1.29 is 4.39 Å². The first-order valence-electron chi connectivity index (χ1n) is 6.83. The minimum atomic E-state index is -0.320. The number of benzene rings is 1. The molecule has 9 heteroatoms. The Balaban J connectivity index is 2.08. The first kappa shape index (κ1) is 16.5. The van der Waals surface area contributed by atoms with Crippen molar-refractivity contribution in [1.29, 1.82) is 0 Å². The molecule has 1 aliphatic rings. The molecule has 0 bridgehead atoms. The molecule has 0 fully saturated rings. The van der Waals surface area contributed by atoms with E-state index in [1.165, 1.54) is 40.5 Å². The minimum Gasteiger partial charge on any atom is -0.393 e. The van der Waals surface area contributed by atoms with Gasteiger partial charge in [0.2, 0.25) is 5.16 Å². The van der Waals surface area contributed by atoms with Gasteiger partial charge in [-0.1, -0.05) is 36.5 Å². The molecule has 122 valence electrons. The van der Waals surface area contributed by atoms with E-state index >= 15 is 0 Å². The van der Waals surface area contributed by atoms with Crippen LogP contribution in [0.4, 0.5) is 4.39 Å². The van der Waals surface area contributed by atoms with Gasteiger partial charge < -0.3 is 5.73 Å². The van der Waals surface area contributed by atoms with Gasteiger partial charge >= 0.3 is 0 Å². The summed E-state index contributed by atoms with van der Waals surface area (Å²) in [6.07, 6.45) is 1.43. The third kappa shape index (κ3) is 3.13. The average Bonchev–Trinajstić information content (AvgIpc) is 3.15. The summed E-state index contributed by atoms with van der Waals surface area (Å²) in [6.45, 7) is 3.62. The number of halogens is 1. The lowest BCUT2D eigenvalue weighted by molar-refractivity contribution is 0.624. The smallest absolute Gasteiger partial charge is 0.215 e. The predicted molar refractivity (Wildman–Crippen MR) is 95.5 cm³/mol. The molecule has 1 aliphatic heterocycles. The van der Waals surface area contributed by atoms with Gasteiger partial charge in [0.15, 0.2) is 0 Å². The molecule has 3 rings (SSSR count). The van der Waals surface area contributed by atoms with E-state index in [0.717, 1.165) is 0 Å². The number of hydrogen-bond acceptors (Lipinski definition) is 7. The predicted octanol–water partition coefficient (Wildman–Crippen LogP) is 2.94. The van der Waals surface area contributed by atoms with Crippen LogP contribution in [0.1, 0.15) is 5.56 Å². The second-order valence-electron chi connectivity index (χ2n) is 4.67. The van der Waals surface area contributed by atoms with Crippen LogP contribution in [-0.2, 0) is 7.05 Å². The van der Waals surface area contributed by atoms with Crippen LogP contribution < -0.4 is 5.73 Å². The number of rotatable bonds is 4. The normalized spacial score (nSPS) is 17.9. The van der Waals surface area contributed by atoms with E-state index in [-0.39, 0.29) is 5.82 Å². The number of hydrogen-bond donors (Lipinski definition) is 1. The second kappa shape index (κ2) is 7.02. The van der Waals surface area contributed by atoms with Crippen LogP contribution in [0.2, 0.25) is 0 Å². The molecular weight excluding hydrogens is 347 g/mol. The Morgan fingerprint density at radius 3 is 2.92 bits per heavy atom. The first-order chi connectivity index (χ1) is 11.6. The molecule has 0 unspecified atom stereocenters. The number of tetrazole rings is 1. The number of thioether (sulfide) groups is 2. The summed E-state index contributed by atoms with van der Waals surface area (Å²) in [6, 6.07) is 6.55. The van der Waals surface area contributed by atoms with Gasteiger partial charge in [0.25, 0.3) is 0 Å². The monoisotopic (exact) mass is 360 g/mol. The van der Waals surface area contributed by atoms with Crippen LogP contribution in [0.3, 0.4) is 0 Å². The lowest BCUT2D eigenvalue weighted by Crippen LogP contribution is -2.07. The van der Waals surface area contributed by atoms with Gasteiger partial charge in [-0.05, 0) is 33.7 Å². The van der Waals surface area contributed by atoms with Crippen molar-refractivity contribution in [2.24, 2.45) is 17.8 Å². The fourth-order valence-corrected chi connectivity index (χ4v) is 3.86. The minimum absolute atomic E-state index is 0.320. The highest BCUT2D eigenvalue weighted by Gasteiger charge is 2.26. The Bertz CT molecular complexity index is 884. The van der Waals surface area contributed by atoms with E-state index in [1.54, 1.807) is 25.2 Å². The van der Waals surface area contributed by atoms with Gasteiger partial charge in [-0.15, -0.1) is 5.10 Å². The molecule has 0 saturated heterocycles. The summed E-state index contributed by atoms with van der Waals surface area (Å²) in [4.78, 5) is 4.24. The molecule has 0 atom stereocenters. The van der Waals surface area contributed by atoms with E-state index in [0.29, 0.717) is 31.9 Å². The molecule has 2 aromatic rings. The van der Waals surface area contributed by atoms with E-state index < -0.39 is 0 Å². The van der Waals surface area contributed by atoms with Crippen LogP contribution >= 0.6 is 23.5 Å². The molecule has 0 amide bonds. The van der Waals surface area contributed by atoms with E-state index in [9.17, 15) is 4.39 Å². The zero-order valence-corrected chi connectivity index (χ0v) is 14.3. The Kier molecular flexibility index (Phi) is 4.81. The summed E-state index contributed by atoms with van der Waals surface area (Å²) < 4.78 is 15.7. The summed E-state index contributed by atoms with van der Waals surface area (Å²) in [7, 11) is 1.72. The van der Waals surface area contributed by atoms with E-state index in [4.69, 9.17) is 5.73 Å². The van der Waals surface area contributed by atoms with Crippen molar-refractivity contribution in [3.05, 3.63) is 64.4 Å². The quantitative estimate of drug-likeness (QED) is 0.844. The standard InChI is InChI=1S/C15H13FN6S2/c1-3-18-14-12(13(17)24-15-19-20-21-22(15)2)10(8-23-14)9-6-4-5-7-11(9)16/h3-8H,1,17H2,2H3/b13-12+,18-14+. The molecule has 2 N–H and O–H groups in total. The lowest BCUT2D eigenvalue weighted by atomic mass is 10.0. The fraction of sp³-hybridized carbons (Fsp3) is 0.0667. The summed E-state index contributed by atoms with van der Waals surface area (Å²) in [5.74, 6) is -0.320. The van der Waals surface area contributed by atoms with Gasteiger partial charge in [0.1, 0.15) is 10.9 Å². The number of nitrogens with two attached hydrogens (primary N) is 1. The SMILES string of the molecule is C=C/N=C1/SC=C(c2ccccc2F)/C1=C(/N)Sc1nnnn1C. The number of allylic oxidation sites excluding steroid dienone is 1. The van der Waals surface area contributed by atoms with Crippen molar-refractivity contribution in [2.45, 2.75) is 5.16 Å². The first-order valence-corrected chi connectivity index (χ1v) is 8.52. The topological polar surface area (TPSA) is 82.0 Å². The van der Waals surface area contributed by atoms with Gasteiger partial charge in [-0.3, -0.25) is 0 Å². The number of aryl methyl sites for hydroxylation is 1. The lowest BCUT2D eigenvalue weighted by Gasteiger charge is -2.11. The average molecular weight is 360 g/mol. The zero-order chi connectivity index (χ0) is 17.1. The maximum Gasteiger partial charge on any atom is 0.215 e. The molecule has 0 spiro atoms. The summed E-state index contributed by atoms with van der Waals surface area (Å²) in [5.41, 5.74) is 8.08. The van der Waals surface area contributed by atoms with Crippen LogP contribution in [0.15, 0.2) is 63.2 Å². The van der Waals surface area contributed by atoms with Crippen molar-refractivity contribution in [3.63, 3.8) is 0 Å².